The van der Waals surface area contributed by atoms with Gasteiger partial charge in [0.2, 0.25) is 0 Å². The van der Waals surface area contributed by atoms with Crippen LogP contribution in [0.2, 0.25) is 0 Å². The topological polar surface area (TPSA) is 86.0 Å². The Hall–Kier alpha value is -2.01. The van der Waals surface area contributed by atoms with Gasteiger partial charge in [-0.1, -0.05) is 18.2 Å². The molecule has 0 aliphatic carbocycles. The molecule has 2 aromatic rings. The first kappa shape index (κ1) is 15.0. The van der Waals surface area contributed by atoms with Crippen LogP contribution in [0, 0.1) is 5.41 Å². The van der Waals surface area contributed by atoms with E-state index in [9.17, 15) is 4.79 Å². The predicted octanol–water partition coefficient (Wildman–Crippen LogP) is 2.33. The van der Waals surface area contributed by atoms with Crippen molar-refractivity contribution in [3.05, 3.63) is 36.0 Å². The number of guanidine groups is 1. The molecule has 0 saturated heterocycles. The van der Waals surface area contributed by atoms with Crippen molar-refractivity contribution < 1.29 is 4.79 Å². The average Bonchev–Trinajstić information content (AvgIpc) is 2.71. The van der Waals surface area contributed by atoms with Crippen molar-refractivity contribution in [2.24, 2.45) is 5.73 Å². The summed E-state index contributed by atoms with van der Waals surface area (Å²) in [7, 11) is 0. The van der Waals surface area contributed by atoms with Crippen LogP contribution in [-0.4, -0.2) is 27.8 Å². The van der Waals surface area contributed by atoms with Gasteiger partial charge in [0.25, 0.3) is 5.91 Å². The first-order chi connectivity index (χ1) is 8.50. The van der Waals surface area contributed by atoms with Crippen LogP contribution in [0.4, 0.5) is 0 Å². The number of carbonyl (C=O) groups is 1. The molecule has 0 spiro atoms. The molecule has 0 aliphatic heterocycles. The first-order valence-electron chi connectivity index (χ1n) is 5.76. The summed E-state index contributed by atoms with van der Waals surface area (Å²) >= 11 is 0. The van der Waals surface area contributed by atoms with E-state index in [1.165, 1.54) is 4.90 Å². The largest absolute Gasteiger partial charge is 0.370 e. The number of nitrogens with one attached hydrogen (secondary N) is 2. The van der Waals surface area contributed by atoms with Gasteiger partial charge in [0.15, 0.2) is 5.96 Å². The van der Waals surface area contributed by atoms with Crippen LogP contribution in [0.3, 0.4) is 0 Å². The molecule has 1 aromatic heterocycles. The minimum atomic E-state index is -0.284. The van der Waals surface area contributed by atoms with E-state index in [1.54, 1.807) is 6.07 Å². The Morgan fingerprint density at radius 2 is 2.00 bits per heavy atom. The highest BCUT2D eigenvalue weighted by atomic mass is 35.5. The standard InChI is InChI=1S/C13H16N4O.ClH/c1-8(2)17(13(14)15)12(18)11-7-9-5-3-4-6-10(9)16-11;/h3-8,16H,1-2H3,(H3,14,15);1H. The van der Waals surface area contributed by atoms with Gasteiger partial charge in [0, 0.05) is 16.9 Å². The van der Waals surface area contributed by atoms with Gasteiger partial charge in [-0.3, -0.25) is 15.1 Å². The number of carbonyl (C=O) groups excluding carboxylic acids is 1. The van der Waals surface area contributed by atoms with Crippen molar-refractivity contribution in [1.29, 1.82) is 5.41 Å². The summed E-state index contributed by atoms with van der Waals surface area (Å²) in [4.78, 5) is 16.6. The Morgan fingerprint density at radius 1 is 1.37 bits per heavy atom. The second-order valence-electron chi connectivity index (χ2n) is 4.42. The van der Waals surface area contributed by atoms with Crippen molar-refractivity contribution >= 4 is 35.2 Å². The maximum atomic E-state index is 12.3. The lowest BCUT2D eigenvalue weighted by Crippen LogP contribution is -2.45. The molecular weight excluding hydrogens is 264 g/mol. The predicted molar refractivity (Wildman–Crippen MR) is 78.8 cm³/mol. The molecule has 1 amide bonds. The quantitative estimate of drug-likeness (QED) is 0.582. The Balaban J connectivity index is 0.00000180. The van der Waals surface area contributed by atoms with Gasteiger partial charge in [0.05, 0.1) is 0 Å². The SMILES string of the molecule is CC(C)N(C(=N)N)C(=O)c1cc2ccccc2[nH]1.Cl. The van der Waals surface area contributed by atoms with Crippen molar-refractivity contribution in [3.63, 3.8) is 0 Å². The molecule has 102 valence electrons. The molecular formula is C13H17ClN4O. The molecule has 1 aromatic carbocycles. The molecule has 1 heterocycles. The lowest BCUT2D eigenvalue weighted by Gasteiger charge is -2.23. The zero-order valence-corrected chi connectivity index (χ0v) is 11.6. The highest BCUT2D eigenvalue weighted by Gasteiger charge is 2.22. The molecule has 0 radical (unpaired) electrons. The Labute approximate surface area is 117 Å². The fraction of sp³-hybridized carbons (Fsp3) is 0.231. The Bertz CT molecular complexity index is 572. The van der Waals surface area contributed by atoms with Gasteiger partial charge in [0.1, 0.15) is 5.69 Å². The number of nitrogens with zero attached hydrogens (tertiary/aromatic N) is 1. The summed E-state index contributed by atoms with van der Waals surface area (Å²) in [6.07, 6.45) is 0. The monoisotopic (exact) mass is 280 g/mol. The van der Waals surface area contributed by atoms with Gasteiger partial charge in [-0.15, -0.1) is 12.4 Å². The van der Waals surface area contributed by atoms with Crippen LogP contribution in [0.1, 0.15) is 24.3 Å². The van der Waals surface area contributed by atoms with Crippen LogP contribution < -0.4 is 5.73 Å². The van der Waals surface area contributed by atoms with Crippen LogP contribution in [-0.2, 0) is 0 Å². The van der Waals surface area contributed by atoms with E-state index in [0.717, 1.165) is 10.9 Å². The molecule has 0 bridgehead atoms. The van der Waals surface area contributed by atoms with Crippen LogP contribution >= 0.6 is 12.4 Å². The van der Waals surface area contributed by atoms with E-state index in [-0.39, 0.29) is 30.3 Å². The second kappa shape index (κ2) is 5.75. The zero-order chi connectivity index (χ0) is 13.3. The molecule has 0 fully saturated rings. The number of aromatic nitrogens is 1. The van der Waals surface area contributed by atoms with E-state index in [0.29, 0.717) is 5.69 Å². The summed E-state index contributed by atoms with van der Waals surface area (Å²) in [5.41, 5.74) is 6.79. The number of amides is 1. The molecule has 0 aliphatic rings. The number of H-pyrrole nitrogens is 1. The van der Waals surface area contributed by atoms with E-state index < -0.39 is 0 Å². The molecule has 0 atom stereocenters. The second-order valence-corrected chi connectivity index (χ2v) is 4.42. The summed E-state index contributed by atoms with van der Waals surface area (Å²) in [6.45, 7) is 3.64. The molecule has 0 unspecified atom stereocenters. The fourth-order valence-corrected chi connectivity index (χ4v) is 1.94. The van der Waals surface area contributed by atoms with E-state index in [1.807, 2.05) is 38.1 Å². The van der Waals surface area contributed by atoms with Crippen LogP contribution in [0.15, 0.2) is 30.3 Å². The molecule has 2 rings (SSSR count). The van der Waals surface area contributed by atoms with Crippen molar-refractivity contribution in [3.8, 4) is 0 Å². The minimum Gasteiger partial charge on any atom is -0.370 e. The highest BCUT2D eigenvalue weighted by molar-refractivity contribution is 6.06. The van der Waals surface area contributed by atoms with E-state index >= 15 is 0 Å². The number of halogens is 1. The van der Waals surface area contributed by atoms with Crippen molar-refractivity contribution in [2.45, 2.75) is 19.9 Å². The molecule has 19 heavy (non-hydrogen) atoms. The summed E-state index contributed by atoms with van der Waals surface area (Å²) in [5.74, 6) is -0.526. The highest BCUT2D eigenvalue weighted by Crippen LogP contribution is 2.16. The lowest BCUT2D eigenvalue weighted by molar-refractivity contribution is 0.0811. The summed E-state index contributed by atoms with van der Waals surface area (Å²) in [5, 5.41) is 8.43. The minimum absolute atomic E-state index is 0. The van der Waals surface area contributed by atoms with Gasteiger partial charge < -0.3 is 10.7 Å². The Morgan fingerprint density at radius 3 is 2.53 bits per heavy atom. The lowest BCUT2D eigenvalue weighted by atomic mass is 10.2. The fourth-order valence-electron chi connectivity index (χ4n) is 1.94. The van der Waals surface area contributed by atoms with Crippen LogP contribution in [0.5, 0.6) is 0 Å². The summed E-state index contributed by atoms with van der Waals surface area (Å²) in [6, 6.07) is 9.26. The number of hydrogen-bond acceptors (Lipinski definition) is 2. The average molecular weight is 281 g/mol. The third-order valence-electron chi connectivity index (χ3n) is 2.76. The van der Waals surface area contributed by atoms with Gasteiger partial charge in [-0.05, 0) is 26.0 Å². The van der Waals surface area contributed by atoms with Gasteiger partial charge in [-0.2, -0.15) is 0 Å². The number of aromatic amines is 1. The maximum absolute atomic E-state index is 12.3. The first-order valence-corrected chi connectivity index (χ1v) is 5.76. The van der Waals surface area contributed by atoms with Gasteiger partial charge >= 0.3 is 0 Å². The molecule has 0 saturated carbocycles. The third-order valence-corrected chi connectivity index (χ3v) is 2.76. The number of benzene rings is 1. The van der Waals surface area contributed by atoms with Crippen molar-refractivity contribution in [1.82, 2.24) is 9.88 Å². The van der Waals surface area contributed by atoms with E-state index in [2.05, 4.69) is 4.98 Å². The number of para-hydroxylation sites is 1. The number of fused-ring (bicyclic) bond motifs is 1. The molecule has 6 heteroatoms. The van der Waals surface area contributed by atoms with Gasteiger partial charge in [-0.25, -0.2) is 0 Å². The van der Waals surface area contributed by atoms with E-state index in [4.69, 9.17) is 11.1 Å². The maximum Gasteiger partial charge on any atom is 0.277 e. The van der Waals surface area contributed by atoms with Crippen molar-refractivity contribution in [2.75, 3.05) is 0 Å². The number of hydrogen-bond donors (Lipinski definition) is 3. The third kappa shape index (κ3) is 2.88. The van der Waals surface area contributed by atoms with Crippen LogP contribution in [0.25, 0.3) is 10.9 Å². The number of rotatable bonds is 2. The normalized spacial score (nSPS) is 10.3. The summed E-state index contributed by atoms with van der Waals surface area (Å²) < 4.78 is 0. The number of nitrogens with two attached hydrogens (primary N) is 1. The molecule has 4 N–H and O–H groups in total. The Kier molecular flexibility index (Phi) is 4.56. The zero-order valence-electron chi connectivity index (χ0n) is 10.8. The smallest absolute Gasteiger partial charge is 0.277 e. The molecule has 5 nitrogen and oxygen atoms in total.